The number of nitrogens with zero attached hydrogens (tertiary/aromatic N) is 2. The van der Waals surface area contributed by atoms with Gasteiger partial charge in [0.25, 0.3) is 0 Å². The van der Waals surface area contributed by atoms with Crippen LogP contribution < -0.4 is 9.62 Å². The molecule has 0 fully saturated rings. The van der Waals surface area contributed by atoms with Crippen LogP contribution in [0.1, 0.15) is 37.5 Å². The Kier molecular flexibility index (Phi) is 9.05. The van der Waals surface area contributed by atoms with E-state index < -0.39 is 28.5 Å². The Morgan fingerprint density at radius 1 is 0.970 bits per heavy atom. The maximum atomic E-state index is 13.5. The van der Waals surface area contributed by atoms with E-state index in [4.69, 9.17) is 0 Å². The van der Waals surface area contributed by atoms with E-state index in [1.807, 2.05) is 64.1 Å². The van der Waals surface area contributed by atoms with Crippen molar-refractivity contribution in [2.45, 2.75) is 47.2 Å². The minimum atomic E-state index is -3.74. The van der Waals surface area contributed by atoms with Crippen molar-refractivity contribution in [1.29, 1.82) is 0 Å². The minimum Gasteiger partial charge on any atom is -0.354 e. The molecule has 0 aliphatic heterocycles. The van der Waals surface area contributed by atoms with Gasteiger partial charge in [-0.2, -0.15) is 0 Å². The first-order valence-electron chi connectivity index (χ1n) is 11.1. The van der Waals surface area contributed by atoms with Gasteiger partial charge in [-0.15, -0.1) is 0 Å². The maximum absolute atomic E-state index is 13.5. The molecule has 2 aromatic carbocycles. The molecule has 8 heteroatoms. The highest BCUT2D eigenvalue weighted by Crippen LogP contribution is 2.22. The highest BCUT2D eigenvalue weighted by molar-refractivity contribution is 7.92. The number of benzene rings is 2. The molecule has 0 saturated carbocycles. The molecule has 7 nitrogen and oxygen atoms in total. The van der Waals surface area contributed by atoms with Crippen LogP contribution in [0.2, 0.25) is 0 Å². The van der Waals surface area contributed by atoms with E-state index >= 15 is 0 Å². The molecule has 180 valence electrons. The van der Waals surface area contributed by atoms with E-state index in [0.29, 0.717) is 12.2 Å². The van der Waals surface area contributed by atoms with Gasteiger partial charge in [-0.25, -0.2) is 8.42 Å². The van der Waals surface area contributed by atoms with Gasteiger partial charge in [-0.05, 0) is 55.5 Å². The van der Waals surface area contributed by atoms with Crippen molar-refractivity contribution in [3.63, 3.8) is 0 Å². The summed E-state index contributed by atoms with van der Waals surface area (Å²) in [4.78, 5) is 27.7. The Labute approximate surface area is 197 Å². The lowest BCUT2D eigenvalue weighted by molar-refractivity contribution is -0.139. The van der Waals surface area contributed by atoms with Crippen LogP contribution in [-0.2, 0) is 26.2 Å². The highest BCUT2D eigenvalue weighted by atomic mass is 32.2. The first-order chi connectivity index (χ1) is 15.4. The molecule has 0 aliphatic rings. The topological polar surface area (TPSA) is 86.8 Å². The molecule has 0 saturated heterocycles. The van der Waals surface area contributed by atoms with Gasteiger partial charge in [0.15, 0.2) is 0 Å². The number of carbonyl (C=O) groups excluding carboxylic acids is 2. The van der Waals surface area contributed by atoms with Gasteiger partial charge in [-0.3, -0.25) is 13.9 Å². The molecule has 2 aromatic rings. The predicted octanol–water partition coefficient (Wildman–Crippen LogP) is 3.26. The first-order valence-corrected chi connectivity index (χ1v) is 12.9. The van der Waals surface area contributed by atoms with Gasteiger partial charge >= 0.3 is 0 Å². The van der Waals surface area contributed by atoms with E-state index in [2.05, 4.69) is 5.32 Å². The van der Waals surface area contributed by atoms with Crippen molar-refractivity contribution in [3.8, 4) is 0 Å². The number of sulfonamides is 1. The summed E-state index contributed by atoms with van der Waals surface area (Å²) in [5, 5.41) is 2.87. The molecule has 2 rings (SSSR count). The van der Waals surface area contributed by atoms with Crippen molar-refractivity contribution in [3.05, 3.63) is 65.2 Å². The largest absolute Gasteiger partial charge is 0.354 e. The average molecular weight is 474 g/mol. The summed E-state index contributed by atoms with van der Waals surface area (Å²) in [7, 11) is -3.74. The fourth-order valence-corrected chi connectivity index (χ4v) is 4.36. The fraction of sp³-hybridized carbons (Fsp3) is 0.440. The molecule has 0 heterocycles. The summed E-state index contributed by atoms with van der Waals surface area (Å²) < 4.78 is 26.4. The van der Waals surface area contributed by atoms with Crippen LogP contribution in [0, 0.1) is 19.8 Å². The number of aryl methyl sites for hydroxylation is 2. The van der Waals surface area contributed by atoms with Crippen molar-refractivity contribution in [2.24, 2.45) is 5.92 Å². The molecule has 0 bridgehead atoms. The summed E-state index contributed by atoms with van der Waals surface area (Å²) in [6.45, 7) is 9.70. The third kappa shape index (κ3) is 7.89. The van der Waals surface area contributed by atoms with Gasteiger partial charge in [-0.1, -0.05) is 50.2 Å². The normalized spacial score (nSPS) is 12.3. The molecule has 0 aliphatic carbocycles. The van der Waals surface area contributed by atoms with Gasteiger partial charge in [0.2, 0.25) is 21.8 Å². The van der Waals surface area contributed by atoms with Gasteiger partial charge in [0.05, 0.1) is 11.9 Å². The van der Waals surface area contributed by atoms with E-state index in [9.17, 15) is 18.0 Å². The molecular weight excluding hydrogens is 438 g/mol. The Bertz CT molecular complexity index is 1050. The average Bonchev–Trinajstić information content (AvgIpc) is 2.72. The number of amides is 2. The van der Waals surface area contributed by atoms with Crippen molar-refractivity contribution in [1.82, 2.24) is 10.2 Å². The second kappa shape index (κ2) is 11.3. The number of rotatable bonds is 10. The summed E-state index contributed by atoms with van der Waals surface area (Å²) in [5.41, 5.74) is 3.08. The van der Waals surface area contributed by atoms with Crippen LogP contribution in [0.5, 0.6) is 0 Å². The van der Waals surface area contributed by atoms with Crippen molar-refractivity contribution in [2.75, 3.05) is 23.7 Å². The zero-order chi connectivity index (χ0) is 24.8. The van der Waals surface area contributed by atoms with Crippen LogP contribution in [-0.4, -0.2) is 50.5 Å². The van der Waals surface area contributed by atoms with Crippen molar-refractivity contribution >= 4 is 27.5 Å². The predicted molar refractivity (Wildman–Crippen MR) is 132 cm³/mol. The standard InChI is InChI=1S/C25H35N3O4S/c1-18(2)15-26-25(30)21(5)27(16-22-10-8-7-9-11-22)24(29)17-28(33(6,31)32)23-13-19(3)12-20(4)14-23/h7-14,18,21H,15-17H2,1-6H3,(H,26,30)/t21-/m0/s1. The van der Waals surface area contributed by atoms with Crippen molar-refractivity contribution < 1.29 is 18.0 Å². The molecule has 0 aromatic heterocycles. The lowest BCUT2D eigenvalue weighted by atomic mass is 10.1. The van der Waals surface area contributed by atoms with E-state index in [1.54, 1.807) is 19.1 Å². The smallest absolute Gasteiger partial charge is 0.244 e. The third-order valence-electron chi connectivity index (χ3n) is 5.22. The maximum Gasteiger partial charge on any atom is 0.244 e. The van der Waals surface area contributed by atoms with Gasteiger partial charge in [0, 0.05) is 13.1 Å². The Morgan fingerprint density at radius 2 is 1.55 bits per heavy atom. The zero-order valence-corrected chi connectivity index (χ0v) is 21.1. The molecule has 1 atom stereocenters. The number of anilines is 1. The summed E-state index contributed by atoms with van der Waals surface area (Å²) in [6.07, 6.45) is 1.08. The lowest BCUT2D eigenvalue weighted by Crippen LogP contribution is -2.51. The second-order valence-corrected chi connectivity index (χ2v) is 10.8. The van der Waals surface area contributed by atoms with E-state index in [-0.39, 0.29) is 18.4 Å². The Balaban J connectivity index is 2.37. The Hall–Kier alpha value is -2.87. The third-order valence-corrected chi connectivity index (χ3v) is 6.36. The monoisotopic (exact) mass is 473 g/mol. The van der Waals surface area contributed by atoms with Crippen LogP contribution in [0.3, 0.4) is 0 Å². The molecule has 0 spiro atoms. The quantitative estimate of drug-likeness (QED) is 0.574. The number of nitrogens with one attached hydrogen (secondary N) is 1. The summed E-state index contributed by atoms with van der Waals surface area (Å²) >= 11 is 0. The van der Waals surface area contributed by atoms with Gasteiger partial charge < -0.3 is 10.2 Å². The van der Waals surface area contributed by atoms with E-state index in [0.717, 1.165) is 27.3 Å². The molecule has 33 heavy (non-hydrogen) atoms. The highest BCUT2D eigenvalue weighted by Gasteiger charge is 2.30. The van der Waals surface area contributed by atoms with Crippen LogP contribution in [0.4, 0.5) is 5.69 Å². The Morgan fingerprint density at radius 3 is 2.06 bits per heavy atom. The van der Waals surface area contributed by atoms with Gasteiger partial charge in [0.1, 0.15) is 12.6 Å². The molecular formula is C25H35N3O4S. The SMILES string of the molecule is Cc1cc(C)cc(N(CC(=O)N(Cc2ccccc2)[C@@H](C)C(=O)NCC(C)C)S(C)(=O)=O)c1. The molecule has 1 N–H and O–H groups in total. The van der Waals surface area contributed by atoms with Crippen LogP contribution in [0.15, 0.2) is 48.5 Å². The van der Waals surface area contributed by atoms with Crippen LogP contribution >= 0.6 is 0 Å². The molecule has 0 radical (unpaired) electrons. The fourth-order valence-electron chi connectivity index (χ4n) is 3.52. The second-order valence-electron chi connectivity index (χ2n) is 8.94. The summed E-state index contributed by atoms with van der Waals surface area (Å²) in [6, 6.07) is 14.0. The number of hydrogen-bond donors (Lipinski definition) is 1. The van der Waals surface area contributed by atoms with E-state index in [1.165, 1.54) is 4.90 Å². The number of hydrogen-bond acceptors (Lipinski definition) is 4. The van der Waals surface area contributed by atoms with Crippen LogP contribution in [0.25, 0.3) is 0 Å². The number of carbonyl (C=O) groups is 2. The minimum absolute atomic E-state index is 0.195. The first kappa shape index (κ1) is 26.4. The zero-order valence-electron chi connectivity index (χ0n) is 20.3. The molecule has 2 amide bonds. The lowest BCUT2D eigenvalue weighted by Gasteiger charge is -2.31. The summed E-state index contributed by atoms with van der Waals surface area (Å²) in [5.74, 6) is -0.453. The molecule has 0 unspecified atom stereocenters.